The molecule has 5 rings (SSSR count). The molecule has 0 radical (unpaired) electrons. The molecule has 3 nitrogen and oxygen atoms in total. The van der Waals surface area contributed by atoms with Crippen LogP contribution in [0.4, 0.5) is 5.88 Å². The Morgan fingerprint density at radius 1 is 1.16 bits per heavy atom. The zero-order valence-corrected chi connectivity index (χ0v) is 11.4. The molecule has 4 fully saturated rings. The number of anilines is 1. The molecule has 3 heteroatoms. The molecule has 1 aromatic heterocycles. The van der Waals surface area contributed by atoms with E-state index >= 15 is 0 Å². The predicted octanol–water partition coefficient (Wildman–Crippen LogP) is 3.56. The summed E-state index contributed by atoms with van der Waals surface area (Å²) in [5, 5.41) is 8.90. The van der Waals surface area contributed by atoms with Gasteiger partial charge in [-0.1, -0.05) is 0 Å². The highest BCUT2D eigenvalue weighted by atomic mass is 16.4. The Kier molecular flexibility index (Phi) is 2.27. The molecule has 100 valence electrons. The molecule has 4 saturated carbocycles. The minimum atomic E-state index is 0.305. The highest BCUT2D eigenvalue weighted by molar-refractivity contribution is 5.42. The summed E-state index contributed by atoms with van der Waals surface area (Å²) in [6.07, 6.45) is 8.31. The Bertz CT molecular complexity index is 504. The average Bonchev–Trinajstić information content (AvgIpc) is 2.84. The molecule has 0 spiro atoms. The smallest absolute Gasteiger partial charge is 0.206 e. The van der Waals surface area contributed by atoms with Crippen LogP contribution in [0.5, 0.6) is 0 Å². The van der Waals surface area contributed by atoms with Crippen molar-refractivity contribution in [2.24, 2.45) is 17.8 Å². The minimum absolute atomic E-state index is 0.305. The van der Waals surface area contributed by atoms with Crippen LogP contribution in [0, 0.1) is 29.1 Å². The molecule has 0 aromatic carbocycles. The van der Waals surface area contributed by atoms with Crippen LogP contribution >= 0.6 is 0 Å². The van der Waals surface area contributed by atoms with Crippen LogP contribution in [0.15, 0.2) is 16.5 Å². The van der Waals surface area contributed by atoms with E-state index in [1.54, 1.807) is 6.07 Å². The molecule has 4 aliphatic rings. The van der Waals surface area contributed by atoms with Gasteiger partial charge >= 0.3 is 0 Å². The van der Waals surface area contributed by atoms with E-state index in [9.17, 15) is 0 Å². The van der Waals surface area contributed by atoms with Crippen molar-refractivity contribution in [2.75, 3.05) is 11.9 Å². The maximum absolute atomic E-state index is 8.90. The molecule has 0 amide bonds. The SMILES string of the molecule is CN(c1ccc(C#N)o1)C12CC3CC(CC(C3)C1)C2. The lowest BCUT2D eigenvalue weighted by Crippen LogP contribution is -2.59. The standard InChI is InChI=1S/C16H20N2O/c1-18(15-3-2-14(10-17)19-15)16-7-11-4-12(8-16)6-13(5-11)9-16/h2-3,11-13H,4-9H2,1H3. The van der Waals surface area contributed by atoms with Gasteiger partial charge in [0.05, 0.1) is 0 Å². The molecule has 0 N–H and O–H groups in total. The first-order chi connectivity index (χ1) is 9.18. The minimum Gasteiger partial charge on any atom is -0.430 e. The fourth-order valence-electron chi connectivity index (χ4n) is 5.28. The van der Waals surface area contributed by atoms with E-state index in [1.165, 1.54) is 38.5 Å². The summed E-state index contributed by atoms with van der Waals surface area (Å²) in [6, 6.07) is 5.82. The first-order valence-electron chi connectivity index (χ1n) is 7.42. The van der Waals surface area contributed by atoms with Gasteiger partial charge in [-0.15, -0.1) is 0 Å². The summed E-state index contributed by atoms with van der Waals surface area (Å²) in [5.74, 6) is 4.09. The number of rotatable bonds is 2. The lowest BCUT2D eigenvalue weighted by Gasteiger charge is -2.59. The molecule has 0 unspecified atom stereocenters. The van der Waals surface area contributed by atoms with E-state index in [1.807, 2.05) is 6.07 Å². The van der Waals surface area contributed by atoms with E-state index in [2.05, 4.69) is 18.0 Å². The van der Waals surface area contributed by atoms with Gasteiger partial charge in [0.25, 0.3) is 0 Å². The van der Waals surface area contributed by atoms with Crippen molar-refractivity contribution in [2.45, 2.75) is 44.1 Å². The lowest BCUT2D eigenvalue weighted by molar-refractivity contribution is -0.00341. The zero-order chi connectivity index (χ0) is 13.0. The first kappa shape index (κ1) is 11.4. The van der Waals surface area contributed by atoms with Crippen LogP contribution in [0.3, 0.4) is 0 Å². The zero-order valence-electron chi connectivity index (χ0n) is 11.4. The second kappa shape index (κ2) is 3.79. The van der Waals surface area contributed by atoms with Gasteiger partial charge in [0.15, 0.2) is 5.88 Å². The lowest BCUT2D eigenvalue weighted by atomic mass is 9.52. The van der Waals surface area contributed by atoms with E-state index in [0.717, 1.165) is 23.6 Å². The molecule has 0 saturated heterocycles. The van der Waals surface area contributed by atoms with Crippen molar-refractivity contribution in [1.29, 1.82) is 5.26 Å². The van der Waals surface area contributed by atoms with E-state index in [0.29, 0.717) is 11.3 Å². The van der Waals surface area contributed by atoms with E-state index < -0.39 is 0 Å². The Morgan fingerprint density at radius 3 is 2.21 bits per heavy atom. The van der Waals surface area contributed by atoms with Crippen LogP contribution in [0.2, 0.25) is 0 Å². The normalized spacial score (nSPS) is 39.3. The third-order valence-electron chi connectivity index (χ3n) is 5.75. The molecule has 0 aliphatic heterocycles. The molecular formula is C16H20N2O. The fourth-order valence-corrected chi connectivity index (χ4v) is 5.28. The molecule has 1 heterocycles. The van der Waals surface area contributed by atoms with Crippen LogP contribution in [-0.2, 0) is 0 Å². The second-order valence-corrected chi connectivity index (χ2v) is 6.95. The van der Waals surface area contributed by atoms with Crippen molar-refractivity contribution in [3.8, 4) is 6.07 Å². The van der Waals surface area contributed by atoms with Gasteiger partial charge in [-0.05, 0) is 62.3 Å². The number of hydrogen-bond donors (Lipinski definition) is 0. The molecule has 0 atom stereocenters. The van der Waals surface area contributed by atoms with E-state index in [-0.39, 0.29) is 0 Å². The maximum atomic E-state index is 8.90. The van der Waals surface area contributed by atoms with Crippen molar-refractivity contribution < 1.29 is 4.42 Å². The molecule has 19 heavy (non-hydrogen) atoms. The van der Waals surface area contributed by atoms with Crippen molar-refractivity contribution in [1.82, 2.24) is 0 Å². The van der Waals surface area contributed by atoms with Gasteiger partial charge in [-0.25, -0.2) is 0 Å². The summed E-state index contributed by atoms with van der Waals surface area (Å²) in [7, 11) is 2.16. The number of hydrogen-bond acceptors (Lipinski definition) is 3. The number of furan rings is 1. The van der Waals surface area contributed by atoms with Crippen LogP contribution in [-0.4, -0.2) is 12.6 Å². The summed E-state index contributed by atoms with van der Waals surface area (Å²) in [6.45, 7) is 0. The van der Waals surface area contributed by atoms with Crippen LogP contribution in [0.1, 0.15) is 44.3 Å². The monoisotopic (exact) mass is 256 g/mol. The third kappa shape index (κ3) is 1.62. The van der Waals surface area contributed by atoms with Gasteiger partial charge < -0.3 is 9.32 Å². The average molecular weight is 256 g/mol. The second-order valence-electron chi connectivity index (χ2n) is 6.95. The maximum Gasteiger partial charge on any atom is 0.206 e. The highest BCUT2D eigenvalue weighted by Crippen LogP contribution is 2.58. The highest BCUT2D eigenvalue weighted by Gasteiger charge is 2.53. The van der Waals surface area contributed by atoms with Crippen molar-refractivity contribution in [3.63, 3.8) is 0 Å². The van der Waals surface area contributed by atoms with E-state index in [4.69, 9.17) is 9.68 Å². The Balaban J connectivity index is 1.66. The molecular weight excluding hydrogens is 236 g/mol. The Morgan fingerprint density at radius 2 is 1.74 bits per heavy atom. The largest absolute Gasteiger partial charge is 0.430 e. The quantitative estimate of drug-likeness (QED) is 0.812. The van der Waals surface area contributed by atoms with Gasteiger partial charge in [0.1, 0.15) is 6.07 Å². The number of nitrogens with zero attached hydrogens (tertiary/aromatic N) is 2. The summed E-state index contributed by atoms with van der Waals surface area (Å²) in [5.41, 5.74) is 0.305. The molecule has 4 aliphatic carbocycles. The number of nitriles is 1. The van der Waals surface area contributed by atoms with Gasteiger partial charge in [-0.3, -0.25) is 0 Å². The summed E-state index contributed by atoms with van der Waals surface area (Å²) >= 11 is 0. The Hall–Kier alpha value is -1.43. The van der Waals surface area contributed by atoms with Crippen LogP contribution < -0.4 is 4.90 Å². The first-order valence-corrected chi connectivity index (χ1v) is 7.42. The van der Waals surface area contributed by atoms with Gasteiger partial charge in [0, 0.05) is 18.7 Å². The summed E-state index contributed by atoms with van der Waals surface area (Å²) < 4.78 is 5.65. The van der Waals surface area contributed by atoms with Crippen LogP contribution in [0.25, 0.3) is 0 Å². The van der Waals surface area contributed by atoms with Crippen molar-refractivity contribution >= 4 is 5.88 Å². The molecule has 1 aromatic rings. The third-order valence-corrected chi connectivity index (χ3v) is 5.75. The molecule has 4 bridgehead atoms. The van der Waals surface area contributed by atoms with Gasteiger partial charge in [-0.2, -0.15) is 5.26 Å². The fraction of sp³-hybridized carbons (Fsp3) is 0.688. The predicted molar refractivity (Wildman–Crippen MR) is 72.7 cm³/mol. The topological polar surface area (TPSA) is 40.2 Å². The van der Waals surface area contributed by atoms with Gasteiger partial charge in [0.2, 0.25) is 5.76 Å². The van der Waals surface area contributed by atoms with Crippen molar-refractivity contribution in [3.05, 3.63) is 17.9 Å². The summed E-state index contributed by atoms with van der Waals surface area (Å²) in [4.78, 5) is 2.35. The Labute approximate surface area is 114 Å².